The third-order valence-corrected chi connectivity index (χ3v) is 2.84. The molecule has 0 fully saturated rings. The summed E-state index contributed by atoms with van der Waals surface area (Å²) in [7, 11) is 1.66. The second-order valence-electron chi connectivity index (χ2n) is 5.84. The van der Waals surface area contributed by atoms with Crippen molar-refractivity contribution in [2.24, 2.45) is 0 Å². The van der Waals surface area contributed by atoms with Crippen molar-refractivity contribution in [1.29, 1.82) is 0 Å². The summed E-state index contributed by atoms with van der Waals surface area (Å²) >= 11 is 0. The van der Waals surface area contributed by atoms with Crippen LogP contribution >= 0.6 is 0 Å². The quantitative estimate of drug-likeness (QED) is 0.779. The molecule has 0 radical (unpaired) electrons. The van der Waals surface area contributed by atoms with Gasteiger partial charge in [-0.3, -0.25) is 0 Å². The maximum Gasteiger partial charge on any atom is 0.221 e. The van der Waals surface area contributed by atoms with E-state index in [1.807, 2.05) is 6.92 Å². The predicted octanol–water partition coefficient (Wildman–Crippen LogP) is 2.93. The van der Waals surface area contributed by atoms with E-state index in [9.17, 15) is 0 Å². The molecule has 0 spiro atoms. The third kappa shape index (κ3) is 4.63. The van der Waals surface area contributed by atoms with Gasteiger partial charge >= 0.3 is 0 Å². The van der Waals surface area contributed by atoms with Crippen molar-refractivity contribution >= 4 is 5.82 Å². The summed E-state index contributed by atoms with van der Waals surface area (Å²) in [6.45, 7) is 12.3. The Morgan fingerprint density at radius 1 is 1.15 bits per heavy atom. The van der Waals surface area contributed by atoms with Crippen molar-refractivity contribution in [1.82, 2.24) is 9.97 Å². The molecule has 1 N–H and O–H groups in total. The number of nitrogens with one attached hydrogen (secondary N) is 1. The second kappa shape index (κ2) is 7.43. The number of ether oxygens (including phenoxy) is 2. The van der Waals surface area contributed by atoms with Gasteiger partial charge in [0.25, 0.3) is 0 Å². The summed E-state index contributed by atoms with van der Waals surface area (Å²) in [4.78, 5) is 9.19. The van der Waals surface area contributed by atoms with Gasteiger partial charge in [0.1, 0.15) is 18.2 Å². The van der Waals surface area contributed by atoms with E-state index < -0.39 is 0 Å². The number of nitrogens with zero attached hydrogens (tertiary/aromatic N) is 2. The first-order valence-corrected chi connectivity index (χ1v) is 7.14. The molecule has 114 valence electrons. The molecule has 0 aliphatic heterocycles. The lowest BCUT2D eigenvalue weighted by Crippen LogP contribution is -2.20. The molecule has 0 amide bonds. The smallest absolute Gasteiger partial charge is 0.221 e. The number of anilines is 1. The number of hydrogen-bond donors (Lipinski definition) is 1. The molecule has 0 aromatic carbocycles. The van der Waals surface area contributed by atoms with Gasteiger partial charge in [0.15, 0.2) is 0 Å². The van der Waals surface area contributed by atoms with Crippen LogP contribution in [0.5, 0.6) is 5.88 Å². The van der Waals surface area contributed by atoms with Gasteiger partial charge < -0.3 is 14.8 Å². The fraction of sp³-hybridized carbons (Fsp3) is 0.733. The Morgan fingerprint density at radius 3 is 2.40 bits per heavy atom. The van der Waals surface area contributed by atoms with Crippen molar-refractivity contribution in [2.45, 2.75) is 46.5 Å². The first-order chi connectivity index (χ1) is 9.40. The van der Waals surface area contributed by atoms with Crippen LogP contribution in [0, 0.1) is 6.92 Å². The SMILES string of the molecule is CCCNc1nc(C(C)(C)C)nc(OCCOC)c1C. The molecule has 0 saturated heterocycles. The van der Waals surface area contributed by atoms with E-state index in [0.29, 0.717) is 19.1 Å². The monoisotopic (exact) mass is 281 g/mol. The average Bonchev–Trinajstić information content (AvgIpc) is 2.38. The van der Waals surface area contributed by atoms with E-state index in [1.54, 1.807) is 7.11 Å². The highest BCUT2D eigenvalue weighted by atomic mass is 16.5. The Balaban J connectivity index is 3.06. The van der Waals surface area contributed by atoms with Gasteiger partial charge in [-0.2, -0.15) is 4.98 Å². The minimum Gasteiger partial charge on any atom is -0.475 e. The van der Waals surface area contributed by atoms with Crippen LogP contribution in [-0.4, -0.2) is 36.8 Å². The Bertz CT molecular complexity index is 428. The summed E-state index contributed by atoms with van der Waals surface area (Å²) in [5.41, 5.74) is 0.831. The third-order valence-electron chi connectivity index (χ3n) is 2.84. The van der Waals surface area contributed by atoms with Crippen LogP contribution in [0.4, 0.5) is 5.82 Å². The molecule has 0 atom stereocenters. The van der Waals surface area contributed by atoms with Crippen molar-refractivity contribution in [2.75, 3.05) is 32.2 Å². The van der Waals surface area contributed by atoms with Gasteiger partial charge in [-0.25, -0.2) is 4.98 Å². The number of hydrogen-bond acceptors (Lipinski definition) is 5. The maximum atomic E-state index is 5.72. The fourth-order valence-corrected chi connectivity index (χ4v) is 1.61. The van der Waals surface area contributed by atoms with Crippen molar-refractivity contribution in [3.63, 3.8) is 0 Å². The Hall–Kier alpha value is -1.36. The molecule has 5 nitrogen and oxygen atoms in total. The minimum absolute atomic E-state index is 0.115. The van der Waals surface area contributed by atoms with Gasteiger partial charge in [0, 0.05) is 19.1 Å². The van der Waals surface area contributed by atoms with Crippen LogP contribution < -0.4 is 10.1 Å². The first-order valence-electron chi connectivity index (χ1n) is 7.14. The highest BCUT2D eigenvalue weighted by Gasteiger charge is 2.21. The van der Waals surface area contributed by atoms with Gasteiger partial charge in [-0.05, 0) is 13.3 Å². The van der Waals surface area contributed by atoms with Crippen LogP contribution in [0.1, 0.15) is 45.5 Å². The molecule has 1 rings (SSSR count). The van der Waals surface area contributed by atoms with E-state index in [2.05, 4.69) is 43.0 Å². The van der Waals surface area contributed by atoms with E-state index in [1.165, 1.54) is 0 Å². The lowest BCUT2D eigenvalue weighted by atomic mass is 9.95. The van der Waals surface area contributed by atoms with Gasteiger partial charge in [0.05, 0.1) is 12.2 Å². The van der Waals surface area contributed by atoms with Crippen LogP contribution in [0.25, 0.3) is 0 Å². The predicted molar refractivity (Wildman–Crippen MR) is 81.6 cm³/mol. The Labute approximate surface area is 122 Å². The van der Waals surface area contributed by atoms with E-state index in [0.717, 1.165) is 30.2 Å². The average molecular weight is 281 g/mol. The summed E-state index contributed by atoms with van der Waals surface area (Å²) in [6, 6.07) is 0. The lowest BCUT2D eigenvalue weighted by molar-refractivity contribution is 0.143. The van der Waals surface area contributed by atoms with Gasteiger partial charge in [-0.15, -0.1) is 0 Å². The topological polar surface area (TPSA) is 56.3 Å². The van der Waals surface area contributed by atoms with Gasteiger partial charge in [0.2, 0.25) is 5.88 Å². The van der Waals surface area contributed by atoms with Gasteiger partial charge in [-0.1, -0.05) is 27.7 Å². The molecule has 1 heterocycles. The highest BCUT2D eigenvalue weighted by molar-refractivity contribution is 5.49. The highest BCUT2D eigenvalue weighted by Crippen LogP contribution is 2.27. The van der Waals surface area contributed by atoms with Crippen LogP contribution in [0.2, 0.25) is 0 Å². The molecule has 5 heteroatoms. The fourth-order valence-electron chi connectivity index (χ4n) is 1.61. The zero-order valence-corrected chi connectivity index (χ0v) is 13.5. The summed E-state index contributed by atoms with van der Waals surface area (Å²) in [6.07, 6.45) is 1.05. The lowest BCUT2D eigenvalue weighted by Gasteiger charge is -2.20. The Morgan fingerprint density at radius 2 is 1.85 bits per heavy atom. The summed E-state index contributed by atoms with van der Waals surface area (Å²) in [5.74, 6) is 2.29. The van der Waals surface area contributed by atoms with E-state index in [-0.39, 0.29) is 5.41 Å². The van der Waals surface area contributed by atoms with Crippen molar-refractivity contribution < 1.29 is 9.47 Å². The van der Waals surface area contributed by atoms with Crippen LogP contribution in [0.3, 0.4) is 0 Å². The zero-order valence-electron chi connectivity index (χ0n) is 13.5. The standard InChI is InChI=1S/C15H27N3O2/c1-7-8-16-12-11(2)13(20-10-9-19-6)18-14(17-12)15(3,4)5/h7-10H2,1-6H3,(H,16,17,18). The number of methoxy groups -OCH3 is 1. The molecule has 0 saturated carbocycles. The largest absolute Gasteiger partial charge is 0.475 e. The molecule has 0 aliphatic carbocycles. The summed E-state index contributed by atoms with van der Waals surface area (Å²) < 4.78 is 10.7. The molecule has 0 aliphatic rings. The normalized spacial score (nSPS) is 11.5. The van der Waals surface area contributed by atoms with Crippen molar-refractivity contribution in [3.8, 4) is 5.88 Å². The van der Waals surface area contributed by atoms with E-state index >= 15 is 0 Å². The number of aromatic nitrogens is 2. The molecule has 0 bridgehead atoms. The zero-order chi connectivity index (χ0) is 15.2. The maximum absolute atomic E-state index is 5.72. The molecule has 0 unspecified atom stereocenters. The molecular weight excluding hydrogens is 254 g/mol. The molecular formula is C15H27N3O2. The van der Waals surface area contributed by atoms with Crippen LogP contribution in [0.15, 0.2) is 0 Å². The van der Waals surface area contributed by atoms with Crippen molar-refractivity contribution in [3.05, 3.63) is 11.4 Å². The summed E-state index contributed by atoms with van der Waals surface area (Å²) in [5, 5.41) is 3.34. The molecule has 1 aromatic rings. The second-order valence-corrected chi connectivity index (χ2v) is 5.84. The first kappa shape index (κ1) is 16.7. The van der Waals surface area contributed by atoms with Crippen LogP contribution in [-0.2, 0) is 10.2 Å². The van der Waals surface area contributed by atoms with E-state index in [4.69, 9.17) is 9.47 Å². The minimum atomic E-state index is -0.115. The number of rotatable bonds is 7. The molecule has 20 heavy (non-hydrogen) atoms. The Kier molecular flexibility index (Phi) is 6.20. The molecule has 1 aromatic heterocycles.